The molecule has 3 nitrogen and oxygen atoms in total. The highest BCUT2D eigenvalue weighted by Gasteiger charge is 2.21. The third-order valence-corrected chi connectivity index (χ3v) is 3.59. The van der Waals surface area contributed by atoms with E-state index < -0.39 is 0 Å². The van der Waals surface area contributed by atoms with Gasteiger partial charge in [0, 0.05) is 15.3 Å². The second kappa shape index (κ2) is 5.91. The number of anilines is 1. The van der Waals surface area contributed by atoms with Crippen molar-refractivity contribution in [2.75, 3.05) is 5.32 Å². The molecule has 0 saturated carbocycles. The van der Waals surface area contributed by atoms with Gasteiger partial charge in [-0.1, -0.05) is 39.0 Å². The molecule has 1 amide bonds. The molecule has 1 heterocycles. The number of carbonyl (C=O) groups excluding carboxylic acids is 1. The molecule has 2 aromatic rings. The summed E-state index contributed by atoms with van der Waals surface area (Å²) in [7, 11) is 0. The molecular formula is C16H17IN2O. The van der Waals surface area contributed by atoms with E-state index in [9.17, 15) is 4.79 Å². The highest BCUT2D eigenvalue weighted by atomic mass is 127. The summed E-state index contributed by atoms with van der Waals surface area (Å²) in [5, 5.41) is 2.84. The predicted octanol–water partition coefficient (Wildman–Crippen LogP) is 4.24. The van der Waals surface area contributed by atoms with Crippen molar-refractivity contribution >= 4 is 34.3 Å². The number of nitrogens with one attached hydrogen (secondary N) is 1. The molecule has 0 aliphatic heterocycles. The van der Waals surface area contributed by atoms with E-state index in [0.29, 0.717) is 11.4 Å². The van der Waals surface area contributed by atoms with Crippen molar-refractivity contribution in [1.29, 1.82) is 0 Å². The number of hydrogen-bond donors (Lipinski definition) is 1. The summed E-state index contributed by atoms with van der Waals surface area (Å²) in [5.74, 6) is 0.448. The number of carbonyl (C=O) groups is 1. The second-order valence-electron chi connectivity index (χ2n) is 5.61. The summed E-state index contributed by atoms with van der Waals surface area (Å²) in [6.45, 7) is 6.30. The van der Waals surface area contributed by atoms with Gasteiger partial charge < -0.3 is 5.32 Å². The van der Waals surface area contributed by atoms with E-state index in [2.05, 4.69) is 53.7 Å². The van der Waals surface area contributed by atoms with Crippen LogP contribution in [0.1, 0.15) is 36.7 Å². The first-order chi connectivity index (χ1) is 9.38. The molecule has 0 bridgehead atoms. The highest BCUT2D eigenvalue weighted by Crippen LogP contribution is 2.26. The van der Waals surface area contributed by atoms with E-state index in [1.165, 1.54) is 0 Å². The Balaban J connectivity index is 2.28. The molecule has 0 radical (unpaired) electrons. The van der Waals surface area contributed by atoms with Crippen LogP contribution in [-0.4, -0.2) is 10.9 Å². The van der Waals surface area contributed by atoms with Crippen molar-refractivity contribution < 1.29 is 4.79 Å². The van der Waals surface area contributed by atoms with Crippen LogP contribution < -0.4 is 5.32 Å². The zero-order chi connectivity index (χ0) is 14.8. The number of benzene rings is 1. The quantitative estimate of drug-likeness (QED) is 0.793. The van der Waals surface area contributed by atoms with Crippen LogP contribution in [0.3, 0.4) is 0 Å². The first kappa shape index (κ1) is 15.0. The summed E-state index contributed by atoms with van der Waals surface area (Å²) in [4.78, 5) is 16.6. The Bertz CT molecular complexity index is 615. The van der Waals surface area contributed by atoms with Gasteiger partial charge in [-0.3, -0.25) is 4.79 Å². The number of aromatic nitrogens is 1. The molecule has 0 atom stereocenters. The predicted molar refractivity (Wildman–Crippen MR) is 90.0 cm³/mol. The molecule has 0 aliphatic rings. The Morgan fingerprint density at radius 2 is 1.85 bits per heavy atom. The second-order valence-corrected chi connectivity index (χ2v) is 6.86. The lowest BCUT2D eigenvalue weighted by molar-refractivity contribution is 0.102. The molecule has 0 unspecified atom stereocenters. The highest BCUT2D eigenvalue weighted by molar-refractivity contribution is 14.1. The van der Waals surface area contributed by atoms with Crippen molar-refractivity contribution in [3.05, 3.63) is 57.3 Å². The SMILES string of the molecule is CC(C)(C)c1ccccc1C(=O)Nc1ccc(I)cn1. The van der Waals surface area contributed by atoms with E-state index >= 15 is 0 Å². The Morgan fingerprint density at radius 3 is 2.45 bits per heavy atom. The Morgan fingerprint density at radius 1 is 1.15 bits per heavy atom. The first-order valence-corrected chi connectivity index (χ1v) is 7.48. The molecule has 104 valence electrons. The van der Waals surface area contributed by atoms with E-state index in [-0.39, 0.29) is 11.3 Å². The molecule has 0 aliphatic carbocycles. The van der Waals surface area contributed by atoms with Gasteiger partial charge in [0.25, 0.3) is 5.91 Å². The van der Waals surface area contributed by atoms with Crippen LogP contribution in [0.5, 0.6) is 0 Å². The van der Waals surface area contributed by atoms with E-state index in [1.54, 1.807) is 12.3 Å². The number of hydrogen-bond acceptors (Lipinski definition) is 2. The van der Waals surface area contributed by atoms with E-state index in [4.69, 9.17) is 0 Å². The molecular weight excluding hydrogens is 363 g/mol. The van der Waals surface area contributed by atoms with Gasteiger partial charge in [-0.2, -0.15) is 0 Å². The minimum Gasteiger partial charge on any atom is -0.307 e. The van der Waals surface area contributed by atoms with E-state index in [0.717, 1.165) is 9.13 Å². The number of halogens is 1. The number of rotatable bonds is 2. The van der Waals surface area contributed by atoms with Gasteiger partial charge in [0.05, 0.1) is 0 Å². The molecule has 2 rings (SSSR count). The average molecular weight is 380 g/mol. The van der Waals surface area contributed by atoms with Crippen LogP contribution in [0.15, 0.2) is 42.6 Å². The molecule has 0 spiro atoms. The largest absolute Gasteiger partial charge is 0.307 e. The third-order valence-electron chi connectivity index (χ3n) is 2.95. The van der Waals surface area contributed by atoms with Crippen molar-refractivity contribution in [1.82, 2.24) is 4.98 Å². The van der Waals surface area contributed by atoms with Gasteiger partial charge in [0.1, 0.15) is 5.82 Å². The summed E-state index contributed by atoms with van der Waals surface area (Å²) in [5.41, 5.74) is 1.65. The summed E-state index contributed by atoms with van der Waals surface area (Å²) in [6.07, 6.45) is 1.73. The maximum absolute atomic E-state index is 12.4. The molecule has 0 saturated heterocycles. The molecule has 1 aromatic heterocycles. The van der Waals surface area contributed by atoms with Gasteiger partial charge in [0.15, 0.2) is 0 Å². The van der Waals surface area contributed by atoms with Gasteiger partial charge in [0.2, 0.25) is 0 Å². The molecule has 1 aromatic carbocycles. The summed E-state index contributed by atoms with van der Waals surface area (Å²) >= 11 is 2.18. The Kier molecular flexibility index (Phi) is 4.42. The maximum Gasteiger partial charge on any atom is 0.257 e. The number of nitrogens with zero attached hydrogens (tertiary/aromatic N) is 1. The van der Waals surface area contributed by atoms with Crippen LogP contribution in [0.2, 0.25) is 0 Å². The smallest absolute Gasteiger partial charge is 0.257 e. The fourth-order valence-electron chi connectivity index (χ4n) is 1.97. The minimum absolute atomic E-state index is 0.0760. The minimum atomic E-state index is -0.121. The summed E-state index contributed by atoms with van der Waals surface area (Å²) in [6, 6.07) is 11.4. The lowest BCUT2D eigenvalue weighted by Crippen LogP contribution is -2.21. The normalized spacial score (nSPS) is 11.2. The lowest BCUT2D eigenvalue weighted by Gasteiger charge is -2.22. The Labute approximate surface area is 133 Å². The van der Waals surface area contributed by atoms with Gasteiger partial charge >= 0.3 is 0 Å². The van der Waals surface area contributed by atoms with Gasteiger partial charge in [-0.25, -0.2) is 4.98 Å². The standard InChI is InChI=1S/C16H17IN2O/c1-16(2,3)13-7-5-4-6-12(13)15(20)19-14-9-8-11(17)10-18-14/h4-10H,1-3H3,(H,18,19,20). The molecule has 1 N–H and O–H groups in total. The molecule has 0 fully saturated rings. The van der Waals surface area contributed by atoms with Gasteiger partial charge in [-0.15, -0.1) is 0 Å². The van der Waals surface area contributed by atoms with Crippen molar-refractivity contribution in [2.24, 2.45) is 0 Å². The van der Waals surface area contributed by atoms with Crippen molar-refractivity contribution in [2.45, 2.75) is 26.2 Å². The fourth-order valence-corrected chi connectivity index (χ4v) is 2.29. The van der Waals surface area contributed by atoms with Crippen LogP contribution in [0, 0.1) is 3.57 Å². The third kappa shape index (κ3) is 3.56. The maximum atomic E-state index is 12.4. The fraction of sp³-hybridized carbons (Fsp3) is 0.250. The van der Waals surface area contributed by atoms with Crippen LogP contribution in [0.4, 0.5) is 5.82 Å². The van der Waals surface area contributed by atoms with Crippen LogP contribution in [0.25, 0.3) is 0 Å². The number of amides is 1. The van der Waals surface area contributed by atoms with Crippen molar-refractivity contribution in [3.63, 3.8) is 0 Å². The molecule has 20 heavy (non-hydrogen) atoms. The number of pyridine rings is 1. The lowest BCUT2D eigenvalue weighted by atomic mass is 9.83. The van der Waals surface area contributed by atoms with E-state index in [1.807, 2.05) is 30.3 Å². The summed E-state index contributed by atoms with van der Waals surface area (Å²) < 4.78 is 1.04. The average Bonchev–Trinajstić information content (AvgIpc) is 2.40. The van der Waals surface area contributed by atoms with Crippen LogP contribution in [-0.2, 0) is 5.41 Å². The monoisotopic (exact) mass is 380 g/mol. The Hall–Kier alpha value is -1.43. The molecule has 4 heteroatoms. The topological polar surface area (TPSA) is 42.0 Å². The zero-order valence-electron chi connectivity index (χ0n) is 11.8. The van der Waals surface area contributed by atoms with Crippen LogP contribution >= 0.6 is 22.6 Å². The first-order valence-electron chi connectivity index (χ1n) is 6.40. The van der Waals surface area contributed by atoms with Crippen molar-refractivity contribution in [3.8, 4) is 0 Å². The zero-order valence-corrected chi connectivity index (χ0v) is 13.9. The van der Waals surface area contributed by atoms with Gasteiger partial charge in [-0.05, 0) is 51.8 Å².